The number of aryl methyl sites for hydroxylation is 1. The SMILES string of the molecule is C#CC=C.C=C1C(c2ccc(C)cc2)=NC2(CCCCC2)N1CC(=O)C1=CCCC(/C(C)=C/C)=C1. The molecule has 182 valence electrons. The molecule has 0 unspecified atom stereocenters. The summed E-state index contributed by atoms with van der Waals surface area (Å²) in [5, 5.41) is 0. The fraction of sp³-hybridized carbons (Fsp3) is 0.375. The van der Waals surface area contributed by atoms with Crippen LogP contribution in [0, 0.1) is 19.3 Å². The van der Waals surface area contributed by atoms with E-state index in [-0.39, 0.29) is 11.4 Å². The smallest absolute Gasteiger partial charge is 0.181 e. The number of allylic oxidation sites excluding steroid dienone is 7. The summed E-state index contributed by atoms with van der Waals surface area (Å²) < 4.78 is 0. The molecule has 35 heavy (non-hydrogen) atoms. The summed E-state index contributed by atoms with van der Waals surface area (Å²) in [4.78, 5) is 20.9. The maximum atomic E-state index is 13.4. The first kappa shape index (κ1) is 26.2. The van der Waals surface area contributed by atoms with E-state index in [2.05, 4.69) is 93.7 Å². The van der Waals surface area contributed by atoms with Gasteiger partial charge in [0.15, 0.2) is 5.78 Å². The Labute approximate surface area is 211 Å². The van der Waals surface area contributed by atoms with Crippen LogP contribution >= 0.6 is 0 Å². The van der Waals surface area contributed by atoms with Crippen LogP contribution in [-0.4, -0.2) is 28.6 Å². The first-order chi connectivity index (χ1) is 16.8. The highest BCUT2D eigenvalue weighted by atomic mass is 16.1. The maximum Gasteiger partial charge on any atom is 0.181 e. The number of rotatable bonds is 5. The third-order valence-electron chi connectivity index (χ3n) is 7.19. The molecule has 3 nitrogen and oxygen atoms in total. The van der Waals surface area contributed by atoms with Gasteiger partial charge in [-0.2, -0.15) is 0 Å². The third-order valence-corrected chi connectivity index (χ3v) is 7.19. The zero-order valence-corrected chi connectivity index (χ0v) is 21.6. The first-order valence-corrected chi connectivity index (χ1v) is 12.6. The van der Waals surface area contributed by atoms with Gasteiger partial charge >= 0.3 is 0 Å². The highest BCUT2D eigenvalue weighted by Crippen LogP contribution is 2.42. The zero-order chi connectivity index (χ0) is 25.4. The van der Waals surface area contributed by atoms with Crippen LogP contribution in [0.25, 0.3) is 0 Å². The highest BCUT2D eigenvalue weighted by Gasteiger charge is 2.45. The Balaban J connectivity index is 0.000000795. The second kappa shape index (κ2) is 11.8. The molecule has 0 atom stereocenters. The molecule has 0 amide bonds. The van der Waals surface area contributed by atoms with Crippen LogP contribution in [0.2, 0.25) is 0 Å². The van der Waals surface area contributed by atoms with Gasteiger partial charge in [-0.25, -0.2) is 0 Å². The molecule has 0 aromatic heterocycles. The lowest BCUT2D eigenvalue weighted by atomic mass is 9.87. The molecule has 3 heteroatoms. The summed E-state index contributed by atoms with van der Waals surface area (Å²) in [7, 11) is 0. The number of carbonyl (C=O) groups is 1. The number of ketones is 1. The summed E-state index contributed by atoms with van der Waals surface area (Å²) in [5.74, 6) is 2.37. The number of terminal acetylenes is 1. The van der Waals surface area contributed by atoms with E-state index in [1.165, 1.54) is 29.2 Å². The molecule has 1 fully saturated rings. The third kappa shape index (κ3) is 6.01. The molecule has 3 aliphatic rings. The Morgan fingerprint density at radius 3 is 2.49 bits per heavy atom. The van der Waals surface area contributed by atoms with Crippen LogP contribution in [-0.2, 0) is 4.79 Å². The number of Topliss-reactive ketones (excluding diaryl/α,β-unsaturated/α-hetero) is 1. The number of benzene rings is 1. The van der Waals surface area contributed by atoms with Crippen LogP contribution < -0.4 is 0 Å². The van der Waals surface area contributed by atoms with Crippen LogP contribution in [0.3, 0.4) is 0 Å². The number of hydrogen-bond acceptors (Lipinski definition) is 3. The molecular weight excluding hydrogens is 428 g/mol. The van der Waals surface area contributed by atoms with E-state index in [1.54, 1.807) is 0 Å². The Kier molecular flexibility index (Phi) is 8.88. The molecule has 0 N–H and O–H groups in total. The van der Waals surface area contributed by atoms with Gasteiger partial charge < -0.3 is 4.90 Å². The minimum absolute atomic E-state index is 0.174. The monoisotopic (exact) mass is 466 g/mol. The number of hydrogen-bond donors (Lipinski definition) is 0. The predicted molar refractivity (Wildman–Crippen MR) is 148 cm³/mol. The first-order valence-electron chi connectivity index (χ1n) is 12.6. The van der Waals surface area contributed by atoms with Gasteiger partial charge in [-0.3, -0.25) is 9.79 Å². The van der Waals surface area contributed by atoms with Crippen molar-refractivity contribution in [1.29, 1.82) is 0 Å². The van der Waals surface area contributed by atoms with Crippen molar-refractivity contribution >= 4 is 11.5 Å². The second-order valence-electron chi connectivity index (χ2n) is 9.54. The van der Waals surface area contributed by atoms with Gasteiger partial charge in [0.05, 0.1) is 18.0 Å². The van der Waals surface area contributed by atoms with E-state index in [9.17, 15) is 4.79 Å². The molecule has 2 aliphatic carbocycles. The second-order valence-corrected chi connectivity index (χ2v) is 9.54. The Morgan fingerprint density at radius 2 is 1.89 bits per heavy atom. The van der Waals surface area contributed by atoms with Crippen LogP contribution in [0.5, 0.6) is 0 Å². The average Bonchev–Trinajstić information content (AvgIpc) is 3.15. The fourth-order valence-electron chi connectivity index (χ4n) is 5.02. The molecule has 1 aliphatic heterocycles. The van der Waals surface area contributed by atoms with E-state index in [1.807, 2.05) is 0 Å². The van der Waals surface area contributed by atoms with Crippen molar-refractivity contribution < 1.29 is 4.79 Å². The number of aliphatic imine (C=N–C) groups is 1. The molecule has 4 rings (SSSR count). The minimum Gasteiger partial charge on any atom is -0.338 e. The predicted octanol–water partition coefficient (Wildman–Crippen LogP) is 7.26. The van der Waals surface area contributed by atoms with Gasteiger partial charge in [-0.15, -0.1) is 6.42 Å². The Hall–Kier alpha value is -3.38. The molecule has 1 saturated carbocycles. The van der Waals surface area contributed by atoms with Gasteiger partial charge in [-0.1, -0.05) is 73.1 Å². The van der Waals surface area contributed by atoms with Crippen molar-refractivity contribution in [3.8, 4) is 12.3 Å². The molecular formula is C32H38N2O. The average molecular weight is 467 g/mol. The zero-order valence-electron chi connectivity index (χ0n) is 21.6. The topological polar surface area (TPSA) is 32.7 Å². The minimum atomic E-state index is -0.313. The van der Waals surface area contributed by atoms with Crippen molar-refractivity contribution in [1.82, 2.24) is 4.90 Å². The maximum absolute atomic E-state index is 13.4. The van der Waals surface area contributed by atoms with Crippen molar-refractivity contribution in [2.24, 2.45) is 4.99 Å². The largest absolute Gasteiger partial charge is 0.338 e. The standard InChI is InChI=1S/C28H34N2O.C4H4/c1-5-21(3)24-10-9-11-25(18-24)26(31)19-30-22(4)27(23-14-12-20(2)13-15-23)29-28(30)16-7-6-8-17-28;1-3-4-2/h5,11-15,18H,4,6-10,16-17,19H2,1-3H3;1,4H,2H2/b21-5+;. The van der Waals surface area contributed by atoms with Crippen molar-refractivity contribution in [3.63, 3.8) is 0 Å². The normalized spacial score (nSPS) is 19.1. The molecule has 1 aromatic carbocycles. The summed E-state index contributed by atoms with van der Waals surface area (Å²) in [6.07, 6.45) is 19.8. The Bertz CT molecular complexity index is 1130. The molecule has 1 spiro atoms. The van der Waals surface area contributed by atoms with Crippen molar-refractivity contribution in [2.75, 3.05) is 6.54 Å². The molecule has 0 saturated heterocycles. The van der Waals surface area contributed by atoms with E-state index >= 15 is 0 Å². The van der Waals surface area contributed by atoms with Crippen LogP contribution in [0.15, 0.2) is 89.1 Å². The molecule has 1 aromatic rings. The van der Waals surface area contributed by atoms with Crippen LogP contribution in [0.4, 0.5) is 0 Å². The quantitative estimate of drug-likeness (QED) is 0.428. The van der Waals surface area contributed by atoms with Crippen molar-refractivity contribution in [3.05, 3.63) is 95.3 Å². The van der Waals surface area contributed by atoms with Gasteiger partial charge in [0.2, 0.25) is 0 Å². The van der Waals surface area contributed by atoms with E-state index in [4.69, 9.17) is 4.99 Å². The lowest BCUT2D eigenvalue weighted by Crippen LogP contribution is -2.47. The van der Waals surface area contributed by atoms with E-state index in [0.717, 1.165) is 61.1 Å². The summed E-state index contributed by atoms with van der Waals surface area (Å²) in [6.45, 7) is 14.3. The molecule has 0 radical (unpaired) electrons. The fourth-order valence-corrected chi connectivity index (χ4v) is 5.02. The summed E-state index contributed by atoms with van der Waals surface area (Å²) >= 11 is 0. The van der Waals surface area contributed by atoms with E-state index in [0.29, 0.717) is 6.54 Å². The Morgan fingerprint density at radius 1 is 1.23 bits per heavy atom. The van der Waals surface area contributed by atoms with E-state index < -0.39 is 0 Å². The molecule has 0 bridgehead atoms. The highest BCUT2D eigenvalue weighted by molar-refractivity contribution is 6.14. The van der Waals surface area contributed by atoms with Crippen molar-refractivity contribution in [2.45, 2.75) is 71.4 Å². The van der Waals surface area contributed by atoms with Gasteiger partial charge in [0, 0.05) is 11.1 Å². The van der Waals surface area contributed by atoms with Gasteiger partial charge in [-0.05, 0) is 77.0 Å². The lowest BCUT2D eigenvalue weighted by molar-refractivity contribution is -0.117. The summed E-state index contributed by atoms with van der Waals surface area (Å²) in [5.41, 5.74) is 7.23. The van der Waals surface area contributed by atoms with Gasteiger partial charge in [0.1, 0.15) is 5.66 Å². The van der Waals surface area contributed by atoms with Gasteiger partial charge in [0.25, 0.3) is 0 Å². The van der Waals surface area contributed by atoms with Crippen LogP contribution in [0.1, 0.15) is 69.9 Å². The number of nitrogens with zero attached hydrogens (tertiary/aromatic N) is 2. The summed E-state index contributed by atoms with van der Waals surface area (Å²) in [6, 6.07) is 8.49. The molecule has 1 heterocycles. The lowest BCUT2D eigenvalue weighted by Gasteiger charge is -2.40. The number of carbonyl (C=O) groups excluding carboxylic acids is 1.